The summed E-state index contributed by atoms with van der Waals surface area (Å²) < 4.78 is 5.73. The number of benzene rings is 2. The normalized spacial score (nSPS) is 10.4. The SMILES string of the molecule is CNC(=O)c1cccc(CNC(=O)Cc2csc(COc3ccc(C)cc3)n2)c1. The molecule has 0 fully saturated rings. The number of amides is 2. The van der Waals surface area contributed by atoms with Gasteiger partial charge in [-0.2, -0.15) is 0 Å². The number of hydrogen-bond acceptors (Lipinski definition) is 5. The number of nitrogens with zero attached hydrogens (tertiary/aromatic N) is 1. The van der Waals surface area contributed by atoms with Crippen molar-refractivity contribution in [1.82, 2.24) is 15.6 Å². The van der Waals surface area contributed by atoms with Crippen molar-refractivity contribution in [3.63, 3.8) is 0 Å². The van der Waals surface area contributed by atoms with Crippen LogP contribution in [0.5, 0.6) is 5.75 Å². The quantitative estimate of drug-likeness (QED) is 0.599. The van der Waals surface area contributed by atoms with E-state index in [-0.39, 0.29) is 18.2 Å². The highest BCUT2D eigenvalue weighted by molar-refractivity contribution is 7.09. The predicted octanol–water partition coefficient (Wildman–Crippen LogP) is 3.25. The van der Waals surface area contributed by atoms with Crippen molar-refractivity contribution in [3.05, 3.63) is 81.3 Å². The molecule has 29 heavy (non-hydrogen) atoms. The third-order valence-electron chi connectivity index (χ3n) is 4.23. The molecule has 2 amide bonds. The van der Waals surface area contributed by atoms with E-state index in [1.165, 1.54) is 16.9 Å². The molecule has 2 N–H and O–H groups in total. The van der Waals surface area contributed by atoms with Crippen molar-refractivity contribution in [2.24, 2.45) is 0 Å². The summed E-state index contributed by atoms with van der Waals surface area (Å²) in [6, 6.07) is 15.0. The summed E-state index contributed by atoms with van der Waals surface area (Å²) in [4.78, 5) is 28.4. The summed E-state index contributed by atoms with van der Waals surface area (Å²) in [5.74, 6) is 0.525. The molecule has 2 aromatic carbocycles. The van der Waals surface area contributed by atoms with Crippen LogP contribution in [0, 0.1) is 6.92 Å². The molecule has 1 heterocycles. The number of nitrogens with one attached hydrogen (secondary N) is 2. The molecular weight excluding hydrogens is 386 g/mol. The summed E-state index contributed by atoms with van der Waals surface area (Å²) in [6.45, 7) is 2.76. The number of hydrogen-bond donors (Lipinski definition) is 2. The first-order valence-corrected chi connectivity index (χ1v) is 10.1. The minimum absolute atomic E-state index is 0.119. The maximum absolute atomic E-state index is 12.2. The average Bonchev–Trinajstić information content (AvgIpc) is 3.18. The Labute approximate surface area is 173 Å². The van der Waals surface area contributed by atoms with Crippen molar-refractivity contribution in [2.45, 2.75) is 26.5 Å². The lowest BCUT2D eigenvalue weighted by molar-refractivity contribution is -0.120. The van der Waals surface area contributed by atoms with Gasteiger partial charge in [0.25, 0.3) is 5.91 Å². The maximum atomic E-state index is 12.2. The standard InChI is InChI=1S/C22H23N3O3S/c1-15-6-8-19(9-7-15)28-13-21-25-18(14-29-21)11-20(26)24-12-16-4-3-5-17(10-16)22(27)23-2/h3-10,14H,11-13H2,1-2H3,(H,23,27)(H,24,26). The van der Waals surface area contributed by atoms with Gasteiger partial charge in [0.15, 0.2) is 0 Å². The van der Waals surface area contributed by atoms with Crippen molar-refractivity contribution < 1.29 is 14.3 Å². The fourth-order valence-corrected chi connectivity index (χ4v) is 3.38. The van der Waals surface area contributed by atoms with Crippen LogP contribution in [0.15, 0.2) is 53.9 Å². The van der Waals surface area contributed by atoms with Crippen molar-refractivity contribution in [2.75, 3.05) is 7.05 Å². The molecule has 0 saturated carbocycles. The first kappa shape index (κ1) is 20.5. The van der Waals surface area contributed by atoms with Gasteiger partial charge in [0, 0.05) is 24.5 Å². The highest BCUT2D eigenvalue weighted by atomic mass is 32.1. The topological polar surface area (TPSA) is 80.3 Å². The lowest BCUT2D eigenvalue weighted by Gasteiger charge is -2.06. The second kappa shape index (κ2) is 9.84. The zero-order valence-corrected chi connectivity index (χ0v) is 17.2. The second-order valence-electron chi connectivity index (χ2n) is 6.57. The molecule has 0 aliphatic carbocycles. The second-order valence-corrected chi connectivity index (χ2v) is 7.51. The first-order valence-electron chi connectivity index (χ1n) is 9.24. The third-order valence-corrected chi connectivity index (χ3v) is 5.10. The molecule has 0 bridgehead atoms. The molecule has 7 heteroatoms. The smallest absolute Gasteiger partial charge is 0.251 e. The predicted molar refractivity (Wildman–Crippen MR) is 113 cm³/mol. The summed E-state index contributed by atoms with van der Waals surface area (Å²) in [5.41, 5.74) is 3.33. The fourth-order valence-electron chi connectivity index (χ4n) is 2.67. The van der Waals surface area contributed by atoms with E-state index < -0.39 is 0 Å². The maximum Gasteiger partial charge on any atom is 0.251 e. The Balaban J connectivity index is 1.47. The molecule has 0 unspecified atom stereocenters. The van der Waals surface area contributed by atoms with Crippen LogP contribution in [0.2, 0.25) is 0 Å². The molecule has 0 aliphatic rings. The number of carbonyl (C=O) groups is 2. The van der Waals surface area contributed by atoms with E-state index >= 15 is 0 Å². The Morgan fingerprint density at radius 3 is 2.69 bits per heavy atom. The minimum Gasteiger partial charge on any atom is -0.486 e. The number of carbonyl (C=O) groups excluding carboxylic acids is 2. The van der Waals surface area contributed by atoms with Crippen LogP contribution in [0.25, 0.3) is 0 Å². The zero-order valence-electron chi connectivity index (χ0n) is 16.4. The molecule has 1 aromatic heterocycles. The molecule has 0 saturated heterocycles. The van der Waals surface area contributed by atoms with Crippen LogP contribution >= 0.6 is 11.3 Å². The van der Waals surface area contributed by atoms with E-state index in [0.717, 1.165) is 16.3 Å². The van der Waals surface area contributed by atoms with Crippen LogP contribution < -0.4 is 15.4 Å². The summed E-state index contributed by atoms with van der Waals surface area (Å²) in [6.07, 6.45) is 0.205. The fraction of sp³-hybridized carbons (Fsp3) is 0.227. The molecule has 3 aromatic rings. The van der Waals surface area contributed by atoms with Gasteiger partial charge in [0.2, 0.25) is 5.91 Å². The van der Waals surface area contributed by atoms with Crippen molar-refractivity contribution >= 4 is 23.2 Å². The zero-order chi connectivity index (χ0) is 20.6. The van der Waals surface area contributed by atoms with Crippen LogP contribution in [0.4, 0.5) is 0 Å². The van der Waals surface area contributed by atoms with Gasteiger partial charge in [-0.1, -0.05) is 29.8 Å². The molecular formula is C22H23N3O3S. The number of aryl methyl sites for hydroxylation is 1. The van der Waals surface area contributed by atoms with Crippen LogP contribution in [0.3, 0.4) is 0 Å². The van der Waals surface area contributed by atoms with E-state index in [2.05, 4.69) is 15.6 Å². The molecule has 0 radical (unpaired) electrons. The lowest BCUT2D eigenvalue weighted by Crippen LogP contribution is -2.25. The molecule has 150 valence electrons. The van der Waals surface area contributed by atoms with Gasteiger partial charge in [0.1, 0.15) is 17.4 Å². The molecule has 0 atom stereocenters. The molecule has 6 nitrogen and oxygen atoms in total. The lowest BCUT2D eigenvalue weighted by atomic mass is 10.1. The number of rotatable bonds is 8. The van der Waals surface area contributed by atoms with Crippen LogP contribution in [-0.4, -0.2) is 23.8 Å². The van der Waals surface area contributed by atoms with Crippen molar-refractivity contribution in [3.8, 4) is 5.75 Å². The van der Waals surface area contributed by atoms with Gasteiger partial charge in [-0.15, -0.1) is 11.3 Å². The Bertz CT molecular complexity index is 983. The van der Waals surface area contributed by atoms with Gasteiger partial charge < -0.3 is 15.4 Å². The van der Waals surface area contributed by atoms with E-state index in [4.69, 9.17) is 4.74 Å². The number of ether oxygens (including phenoxy) is 1. The van der Waals surface area contributed by atoms with Gasteiger partial charge >= 0.3 is 0 Å². The van der Waals surface area contributed by atoms with E-state index in [1.807, 2.05) is 42.6 Å². The first-order chi connectivity index (χ1) is 14.0. The Morgan fingerprint density at radius 2 is 1.93 bits per heavy atom. The summed E-state index contributed by atoms with van der Waals surface area (Å²) in [5, 5.41) is 8.15. The van der Waals surface area contributed by atoms with Crippen LogP contribution in [-0.2, 0) is 24.4 Å². The average molecular weight is 410 g/mol. The highest BCUT2D eigenvalue weighted by Crippen LogP contribution is 2.16. The third kappa shape index (κ3) is 6.15. The molecule has 0 aliphatic heterocycles. The van der Waals surface area contributed by atoms with Crippen molar-refractivity contribution in [1.29, 1.82) is 0 Å². The Hall–Kier alpha value is -3.19. The van der Waals surface area contributed by atoms with Gasteiger partial charge in [-0.3, -0.25) is 9.59 Å². The summed E-state index contributed by atoms with van der Waals surface area (Å²) >= 11 is 1.48. The van der Waals surface area contributed by atoms with E-state index in [1.54, 1.807) is 25.2 Å². The van der Waals surface area contributed by atoms with Gasteiger partial charge in [0.05, 0.1) is 12.1 Å². The summed E-state index contributed by atoms with van der Waals surface area (Å²) in [7, 11) is 1.59. The number of thiazole rings is 1. The van der Waals surface area contributed by atoms with Gasteiger partial charge in [-0.05, 0) is 36.8 Å². The van der Waals surface area contributed by atoms with E-state index in [0.29, 0.717) is 24.4 Å². The Morgan fingerprint density at radius 1 is 1.14 bits per heavy atom. The van der Waals surface area contributed by atoms with Gasteiger partial charge in [-0.25, -0.2) is 4.98 Å². The van der Waals surface area contributed by atoms with E-state index in [9.17, 15) is 9.59 Å². The molecule has 0 spiro atoms. The Kier molecular flexibility index (Phi) is 6.97. The monoisotopic (exact) mass is 409 g/mol. The largest absolute Gasteiger partial charge is 0.486 e. The highest BCUT2D eigenvalue weighted by Gasteiger charge is 2.09. The number of aromatic nitrogens is 1. The molecule has 3 rings (SSSR count). The van der Waals surface area contributed by atoms with Crippen LogP contribution in [0.1, 0.15) is 32.2 Å². The minimum atomic E-state index is -0.152.